The van der Waals surface area contributed by atoms with Gasteiger partial charge in [0.25, 0.3) is 0 Å². The van der Waals surface area contributed by atoms with Crippen LogP contribution in [0.1, 0.15) is 62.2 Å². The minimum Gasteiger partial charge on any atom is -0.358 e. The van der Waals surface area contributed by atoms with Crippen LogP contribution in [0.3, 0.4) is 0 Å². The summed E-state index contributed by atoms with van der Waals surface area (Å²) >= 11 is 1.83. The third-order valence-corrected chi connectivity index (χ3v) is 6.96. The second-order valence-corrected chi connectivity index (χ2v) is 9.06. The molecule has 2 aromatic heterocycles. The Labute approximate surface area is 171 Å². The van der Waals surface area contributed by atoms with Gasteiger partial charge in [0.1, 0.15) is 22.5 Å². The van der Waals surface area contributed by atoms with Crippen LogP contribution in [0.25, 0.3) is 10.2 Å². The molecule has 1 unspecified atom stereocenters. The van der Waals surface area contributed by atoms with Gasteiger partial charge in [-0.1, -0.05) is 6.42 Å². The van der Waals surface area contributed by atoms with E-state index in [1.54, 1.807) is 0 Å². The first-order chi connectivity index (χ1) is 13.7. The van der Waals surface area contributed by atoms with Crippen molar-refractivity contribution in [1.82, 2.24) is 20.2 Å². The lowest BCUT2D eigenvalue weighted by Gasteiger charge is -2.25. The molecular formula is C21H31N5OS. The summed E-state index contributed by atoms with van der Waals surface area (Å²) in [6.07, 6.45) is 8.55. The van der Waals surface area contributed by atoms with E-state index in [0.717, 1.165) is 54.3 Å². The van der Waals surface area contributed by atoms with Crippen molar-refractivity contribution in [3.05, 3.63) is 16.3 Å². The Bertz CT molecular complexity index is 843. The van der Waals surface area contributed by atoms with Crippen molar-refractivity contribution >= 4 is 33.3 Å². The van der Waals surface area contributed by atoms with Crippen molar-refractivity contribution in [2.45, 2.75) is 71.4 Å². The molecule has 0 aromatic carbocycles. The van der Waals surface area contributed by atoms with Crippen molar-refractivity contribution < 1.29 is 4.79 Å². The van der Waals surface area contributed by atoms with Gasteiger partial charge < -0.3 is 10.6 Å². The van der Waals surface area contributed by atoms with Crippen LogP contribution in [0.2, 0.25) is 0 Å². The summed E-state index contributed by atoms with van der Waals surface area (Å²) in [7, 11) is 0. The van der Waals surface area contributed by atoms with Crippen LogP contribution in [0.4, 0.5) is 5.82 Å². The monoisotopic (exact) mass is 401 g/mol. The van der Waals surface area contributed by atoms with Crippen molar-refractivity contribution in [1.29, 1.82) is 0 Å². The van der Waals surface area contributed by atoms with Gasteiger partial charge in [-0.2, -0.15) is 0 Å². The Morgan fingerprint density at radius 3 is 2.71 bits per heavy atom. The summed E-state index contributed by atoms with van der Waals surface area (Å²) in [5.41, 5.74) is 1.40. The Morgan fingerprint density at radius 2 is 1.93 bits per heavy atom. The fraction of sp³-hybridized carbons (Fsp3) is 0.667. The minimum absolute atomic E-state index is 0.0101. The van der Waals surface area contributed by atoms with Crippen LogP contribution >= 0.6 is 11.3 Å². The standard InChI is InChI=1S/C21H31N5OS/c1-3-22-20(27)14(2)23-19-18-15-9-5-6-10-16(15)28-21(18)25-17(24-19)13-26-11-7-4-8-12-26/h14H,3-13H2,1-2H3,(H,22,27)(H,23,24,25). The van der Waals surface area contributed by atoms with Gasteiger partial charge in [-0.05, 0) is 71.0 Å². The van der Waals surface area contributed by atoms with E-state index in [-0.39, 0.29) is 11.9 Å². The zero-order valence-electron chi connectivity index (χ0n) is 17.0. The van der Waals surface area contributed by atoms with Gasteiger partial charge in [0.2, 0.25) is 5.91 Å². The summed E-state index contributed by atoms with van der Waals surface area (Å²) < 4.78 is 0. The highest BCUT2D eigenvalue weighted by atomic mass is 32.1. The number of nitrogens with zero attached hydrogens (tertiary/aromatic N) is 3. The maximum absolute atomic E-state index is 12.3. The molecule has 7 heteroatoms. The van der Waals surface area contributed by atoms with E-state index in [1.807, 2.05) is 25.2 Å². The first-order valence-electron chi connectivity index (χ1n) is 10.7. The van der Waals surface area contributed by atoms with Gasteiger partial charge in [0.15, 0.2) is 0 Å². The molecule has 0 saturated carbocycles. The molecule has 3 heterocycles. The van der Waals surface area contributed by atoms with Gasteiger partial charge in [-0.15, -0.1) is 11.3 Å². The first-order valence-corrected chi connectivity index (χ1v) is 11.5. The molecular weight excluding hydrogens is 370 g/mol. The number of anilines is 1. The number of aromatic nitrogens is 2. The van der Waals surface area contributed by atoms with Crippen LogP contribution in [-0.2, 0) is 24.2 Å². The van der Waals surface area contributed by atoms with Crippen LogP contribution < -0.4 is 10.6 Å². The van der Waals surface area contributed by atoms with Crippen LogP contribution in [0, 0.1) is 0 Å². The number of thiophene rings is 1. The fourth-order valence-corrected chi connectivity index (χ4v) is 5.57. The van der Waals surface area contributed by atoms with Crippen molar-refractivity contribution in [2.24, 2.45) is 0 Å². The normalized spacial score (nSPS) is 18.6. The average Bonchev–Trinajstić information content (AvgIpc) is 3.07. The highest BCUT2D eigenvalue weighted by Gasteiger charge is 2.24. The molecule has 2 aliphatic rings. The smallest absolute Gasteiger partial charge is 0.242 e. The lowest BCUT2D eigenvalue weighted by molar-refractivity contribution is -0.121. The summed E-state index contributed by atoms with van der Waals surface area (Å²) in [6, 6.07) is -0.319. The molecule has 4 rings (SSSR count). The highest BCUT2D eigenvalue weighted by Crippen LogP contribution is 2.39. The number of carbonyl (C=O) groups excluding carboxylic acids is 1. The number of nitrogens with one attached hydrogen (secondary N) is 2. The summed E-state index contributed by atoms with van der Waals surface area (Å²) in [5.74, 6) is 1.73. The Balaban J connectivity index is 1.68. The molecule has 28 heavy (non-hydrogen) atoms. The van der Waals surface area contributed by atoms with Crippen LogP contribution in [0.15, 0.2) is 0 Å². The zero-order chi connectivity index (χ0) is 19.5. The zero-order valence-corrected chi connectivity index (χ0v) is 17.8. The van der Waals surface area contributed by atoms with E-state index in [2.05, 4.69) is 15.5 Å². The number of carbonyl (C=O) groups is 1. The predicted octanol–water partition coefficient (Wildman–Crippen LogP) is 3.49. The number of hydrogen-bond acceptors (Lipinski definition) is 6. The quantitative estimate of drug-likeness (QED) is 0.775. The molecule has 0 bridgehead atoms. The number of likely N-dealkylation sites (tertiary alicyclic amines) is 1. The Kier molecular flexibility index (Phi) is 6.11. The molecule has 0 spiro atoms. The molecule has 2 N–H and O–H groups in total. The van der Waals surface area contributed by atoms with Crippen molar-refractivity contribution in [2.75, 3.05) is 25.0 Å². The average molecular weight is 402 g/mol. The lowest BCUT2D eigenvalue weighted by atomic mass is 9.97. The van der Waals surface area contributed by atoms with Gasteiger partial charge in [0.05, 0.1) is 11.9 Å². The number of hydrogen-bond donors (Lipinski definition) is 2. The van der Waals surface area contributed by atoms with Gasteiger partial charge >= 0.3 is 0 Å². The van der Waals surface area contributed by atoms with E-state index >= 15 is 0 Å². The highest BCUT2D eigenvalue weighted by molar-refractivity contribution is 7.19. The third kappa shape index (κ3) is 4.15. The first kappa shape index (κ1) is 19.6. The number of fused-ring (bicyclic) bond motifs is 3. The third-order valence-electron chi connectivity index (χ3n) is 5.77. The summed E-state index contributed by atoms with van der Waals surface area (Å²) in [4.78, 5) is 27.2. The Hall–Kier alpha value is -1.73. The van der Waals surface area contributed by atoms with Gasteiger partial charge in [0, 0.05) is 11.4 Å². The predicted molar refractivity (Wildman–Crippen MR) is 115 cm³/mol. The molecule has 2 aromatic rings. The van der Waals surface area contributed by atoms with Crippen molar-refractivity contribution in [3.8, 4) is 0 Å². The maximum Gasteiger partial charge on any atom is 0.242 e. The SMILES string of the molecule is CCNC(=O)C(C)Nc1nc(CN2CCCCC2)nc2sc3c(c12)CCCC3. The summed E-state index contributed by atoms with van der Waals surface area (Å²) in [5, 5.41) is 7.46. The van der Waals surface area contributed by atoms with Crippen LogP contribution in [0.5, 0.6) is 0 Å². The molecule has 1 atom stereocenters. The number of likely N-dealkylation sites (N-methyl/N-ethyl adjacent to an activating group) is 1. The molecule has 6 nitrogen and oxygen atoms in total. The van der Waals surface area contributed by atoms with E-state index in [4.69, 9.17) is 9.97 Å². The van der Waals surface area contributed by atoms with Crippen LogP contribution in [-0.4, -0.2) is 46.5 Å². The van der Waals surface area contributed by atoms with E-state index in [0.29, 0.717) is 6.54 Å². The molecule has 1 aliphatic carbocycles. The number of aryl methyl sites for hydroxylation is 2. The topological polar surface area (TPSA) is 70.2 Å². The molecule has 1 saturated heterocycles. The molecule has 1 amide bonds. The fourth-order valence-electron chi connectivity index (χ4n) is 4.29. The molecule has 0 radical (unpaired) electrons. The minimum atomic E-state index is -0.319. The molecule has 1 aliphatic heterocycles. The second-order valence-electron chi connectivity index (χ2n) is 7.98. The van der Waals surface area contributed by atoms with E-state index in [9.17, 15) is 4.79 Å². The summed E-state index contributed by atoms with van der Waals surface area (Å²) in [6.45, 7) is 7.53. The Morgan fingerprint density at radius 1 is 1.14 bits per heavy atom. The van der Waals surface area contributed by atoms with E-state index < -0.39 is 0 Å². The number of piperidine rings is 1. The lowest BCUT2D eigenvalue weighted by Crippen LogP contribution is -2.37. The van der Waals surface area contributed by atoms with Crippen molar-refractivity contribution in [3.63, 3.8) is 0 Å². The van der Waals surface area contributed by atoms with Gasteiger partial charge in [-0.25, -0.2) is 9.97 Å². The second kappa shape index (κ2) is 8.74. The van der Waals surface area contributed by atoms with Gasteiger partial charge in [-0.3, -0.25) is 9.69 Å². The maximum atomic E-state index is 12.3. The molecule has 1 fully saturated rings. The number of amides is 1. The number of rotatable bonds is 6. The van der Waals surface area contributed by atoms with E-state index in [1.165, 1.54) is 42.5 Å². The largest absolute Gasteiger partial charge is 0.358 e. The molecule has 152 valence electrons.